The average molecular weight is 656 g/mol. The van der Waals surface area contributed by atoms with E-state index in [1.54, 1.807) is 18.3 Å². The number of pyridine rings is 1. The van der Waals surface area contributed by atoms with E-state index in [1.807, 2.05) is 0 Å². The lowest BCUT2D eigenvalue weighted by molar-refractivity contribution is -0.150. The number of nitrogen functional groups attached to an aromatic ring is 1. The van der Waals surface area contributed by atoms with Gasteiger partial charge in [0.15, 0.2) is 11.0 Å². The number of nitrogens with one attached hydrogen (secondary N) is 2. The van der Waals surface area contributed by atoms with Gasteiger partial charge in [-0.3, -0.25) is 24.3 Å². The van der Waals surface area contributed by atoms with E-state index in [9.17, 15) is 29.2 Å². The zero-order chi connectivity index (χ0) is 30.4. The molecule has 16 nitrogen and oxygen atoms in total. The van der Waals surface area contributed by atoms with Crippen molar-refractivity contribution < 1.29 is 29.4 Å². The number of amides is 3. The fourth-order valence-corrected chi connectivity index (χ4v) is 7.80. The zero-order valence-electron chi connectivity index (χ0n) is 21.5. The number of carboxylic acids is 1. The Morgan fingerprint density at radius 1 is 1.31 bits per heavy atom. The Morgan fingerprint density at radius 3 is 2.76 bits per heavy atom. The normalized spacial score (nSPS) is 19.4. The summed E-state index contributed by atoms with van der Waals surface area (Å²) in [4.78, 5) is 71.5. The molecule has 0 aliphatic carbocycles. The van der Waals surface area contributed by atoms with Crippen molar-refractivity contribution in [3.05, 3.63) is 45.4 Å². The second kappa shape index (κ2) is 14.2. The molecule has 3 unspecified atom stereocenters. The average Bonchev–Trinajstić information content (AvgIpc) is 3.41. The molecule has 1 fully saturated rings. The molecule has 2 aliphatic rings. The van der Waals surface area contributed by atoms with E-state index in [0.29, 0.717) is 33.5 Å². The van der Waals surface area contributed by atoms with Crippen molar-refractivity contribution in [3.63, 3.8) is 0 Å². The summed E-state index contributed by atoms with van der Waals surface area (Å²) in [5.74, 6) is -2.20. The van der Waals surface area contributed by atoms with Crippen molar-refractivity contribution in [1.82, 2.24) is 29.9 Å². The summed E-state index contributed by atoms with van der Waals surface area (Å²) < 4.78 is 3.82. The van der Waals surface area contributed by atoms with Crippen molar-refractivity contribution in [2.24, 2.45) is 10.9 Å². The maximum absolute atomic E-state index is 13.0. The number of aliphatic carboxylic acids is 1. The molecular weight excluding hydrogens is 631 g/mol. The van der Waals surface area contributed by atoms with Crippen molar-refractivity contribution in [3.8, 4) is 0 Å². The lowest BCUT2D eigenvalue weighted by Crippen LogP contribution is -2.70. The van der Waals surface area contributed by atoms with Gasteiger partial charge in [-0.2, -0.15) is 16.1 Å². The predicted molar refractivity (Wildman–Crippen MR) is 157 cm³/mol. The highest BCUT2D eigenvalue weighted by Crippen LogP contribution is 2.45. The van der Waals surface area contributed by atoms with Gasteiger partial charge in [0.25, 0.3) is 11.8 Å². The number of carbonyl (C=O) groups excluding carboxylic acids is 3. The summed E-state index contributed by atoms with van der Waals surface area (Å²) in [7, 11) is 0. The Bertz CT molecular complexity index is 1410. The molecule has 42 heavy (non-hydrogen) atoms. The Morgan fingerprint density at radius 2 is 2.10 bits per heavy atom. The fourth-order valence-electron chi connectivity index (χ4n) is 3.86. The maximum Gasteiger partial charge on any atom is 0.353 e. The minimum absolute atomic E-state index is 0.0461. The maximum atomic E-state index is 13.0. The number of carboxylic acid groups (broad SMARTS) is 1. The summed E-state index contributed by atoms with van der Waals surface area (Å²) in [5, 5.41) is 26.2. The van der Waals surface area contributed by atoms with Crippen LogP contribution in [0.25, 0.3) is 0 Å². The Labute approximate surface area is 255 Å². The standard InChI is InChI=1S/C22H25N9O7S4/c23-9(6-32)17(33)26-4-5-39-7-10-11(2-1-3-25-10)41-12-8-40-20-14(19(35)31(20)15(12)21(36)37)27-18(34)13(29-38)16-28-22(24)42-30-16/h1-3,9,13-14,20,32H,4-8,23H2,(H,26,33)(H,27,34)(H,36,37)(H2,24,28,30)/t9-,13?,14?,20?/m0/s1. The number of carbonyl (C=O) groups is 4. The molecule has 0 spiro atoms. The second-order valence-electron chi connectivity index (χ2n) is 8.65. The quantitative estimate of drug-likeness (QED) is 0.0850. The number of fused-ring (bicyclic) bond motifs is 1. The van der Waals surface area contributed by atoms with E-state index in [1.165, 1.54) is 35.3 Å². The van der Waals surface area contributed by atoms with Gasteiger partial charge in [0.1, 0.15) is 23.2 Å². The summed E-state index contributed by atoms with van der Waals surface area (Å²) in [6, 6.07) is -0.136. The highest BCUT2D eigenvalue weighted by Gasteiger charge is 2.55. The summed E-state index contributed by atoms with van der Waals surface area (Å²) >= 11 is 4.74. The second-order valence-corrected chi connectivity index (χ2v) is 12.8. The molecule has 224 valence electrons. The SMILES string of the molecule is Nc1nc(C(N=O)C(=O)NC2C(=O)N3C(C(=O)O)=C(Sc4cccnc4CSCCNC(=O)[C@@H](N)CO)CSC23)ns1. The van der Waals surface area contributed by atoms with E-state index in [4.69, 9.17) is 16.6 Å². The number of aliphatic hydroxyl groups is 1. The number of aromatic nitrogens is 3. The number of rotatable bonds is 14. The zero-order valence-corrected chi connectivity index (χ0v) is 24.8. The van der Waals surface area contributed by atoms with Crippen molar-refractivity contribution in [2.75, 3.05) is 30.4 Å². The number of thioether (sulfide) groups is 3. The number of hydrogen-bond acceptors (Lipinski definition) is 16. The van der Waals surface area contributed by atoms with Crippen LogP contribution in [0.4, 0.5) is 5.13 Å². The van der Waals surface area contributed by atoms with Gasteiger partial charge >= 0.3 is 5.97 Å². The fraction of sp³-hybridized carbons (Fsp3) is 0.409. The van der Waals surface area contributed by atoms with Crippen LogP contribution in [0.2, 0.25) is 0 Å². The van der Waals surface area contributed by atoms with Gasteiger partial charge in [-0.25, -0.2) is 9.78 Å². The number of β-lactam (4-membered cyclic amide) rings is 1. The highest BCUT2D eigenvalue weighted by molar-refractivity contribution is 8.06. The first kappa shape index (κ1) is 31.6. The third kappa shape index (κ3) is 7.01. The van der Waals surface area contributed by atoms with Crippen molar-refractivity contribution in [2.45, 2.75) is 34.1 Å². The Balaban J connectivity index is 1.41. The van der Waals surface area contributed by atoms with Crippen LogP contribution in [0.3, 0.4) is 0 Å². The number of nitroso groups, excluding NO2 is 1. The van der Waals surface area contributed by atoms with Crippen LogP contribution in [0.5, 0.6) is 0 Å². The minimum Gasteiger partial charge on any atom is -0.477 e. The van der Waals surface area contributed by atoms with Gasteiger partial charge in [0.2, 0.25) is 11.9 Å². The van der Waals surface area contributed by atoms with Crippen molar-refractivity contribution >= 4 is 75.6 Å². The summed E-state index contributed by atoms with van der Waals surface area (Å²) in [6.07, 6.45) is 1.61. The Kier molecular flexibility index (Phi) is 10.7. The lowest BCUT2D eigenvalue weighted by Gasteiger charge is -2.49. The third-order valence-corrected chi connectivity index (χ3v) is 10.1. The Hall–Kier alpha value is -3.30. The molecule has 0 aromatic carbocycles. The smallest absolute Gasteiger partial charge is 0.353 e. The number of nitrogens with zero attached hydrogens (tertiary/aromatic N) is 5. The van der Waals surface area contributed by atoms with E-state index in [0.717, 1.165) is 16.4 Å². The molecule has 2 aromatic rings. The highest BCUT2D eigenvalue weighted by atomic mass is 32.2. The molecule has 2 aliphatic heterocycles. The third-order valence-electron chi connectivity index (χ3n) is 5.89. The molecule has 8 N–H and O–H groups in total. The van der Waals surface area contributed by atoms with Crippen LogP contribution in [0.15, 0.2) is 39.0 Å². The minimum atomic E-state index is -1.61. The molecule has 0 radical (unpaired) electrons. The molecule has 20 heteroatoms. The van der Waals surface area contributed by atoms with E-state index in [2.05, 4.69) is 30.2 Å². The lowest BCUT2D eigenvalue weighted by atomic mass is 10.0. The molecule has 3 amide bonds. The van der Waals surface area contributed by atoms with Gasteiger partial charge in [0, 0.05) is 51.3 Å². The number of hydrogen-bond donors (Lipinski definition) is 6. The molecule has 4 rings (SSSR count). The van der Waals surface area contributed by atoms with Gasteiger partial charge < -0.3 is 32.3 Å². The monoisotopic (exact) mass is 655 g/mol. The number of aliphatic hydroxyl groups excluding tert-OH is 1. The topological polar surface area (TPSA) is 256 Å². The first-order valence-corrected chi connectivity index (χ1v) is 15.9. The van der Waals surface area contributed by atoms with E-state index >= 15 is 0 Å². The first-order valence-electron chi connectivity index (χ1n) is 12.1. The van der Waals surface area contributed by atoms with Gasteiger partial charge in [-0.1, -0.05) is 11.8 Å². The number of anilines is 1. The van der Waals surface area contributed by atoms with Crippen LogP contribution in [0, 0.1) is 4.91 Å². The molecule has 1 saturated heterocycles. The molecular formula is C22H25N9O7S4. The molecule has 4 atom stereocenters. The summed E-state index contributed by atoms with van der Waals surface area (Å²) in [5.41, 5.74) is 11.5. The predicted octanol–water partition coefficient (Wildman–Crippen LogP) is -0.520. The van der Waals surface area contributed by atoms with E-state index < -0.39 is 53.8 Å². The molecule has 0 saturated carbocycles. The molecule has 0 bridgehead atoms. The van der Waals surface area contributed by atoms with Crippen LogP contribution in [0.1, 0.15) is 17.6 Å². The van der Waals surface area contributed by atoms with Gasteiger partial charge in [-0.15, -0.1) is 16.7 Å². The largest absolute Gasteiger partial charge is 0.477 e. The number of nitrogens with two attached hydrogens (primary N) is 2. The van der Waals surface area contributed by atoms with Gasteiger partial charge in [0.05, 0.1) is 12.3 Å². The molecule has 4 heterocycles. The van der Waals surface area contributed by atoms with Crippen molar-refractivity contribution in [1.29, 1.82) is 0 Å². The van der Waals surface area contributed by atoms with E-state index in [-0.39, 0.29) is 22.4 Å². The van der Waals surface area contributed by atoms with Gasteiger partial charge in [-0.05, 0) is 17.3 Å². The van der Waals surface area contributed by atoms with Crippen LogP contribution in [-0.2, 0) is 24.9 Å². The van der Waals surface area contributed by atoms with Crippen LogP contribution < -0.4 is 22.1 Å². The first-order chi connectivity index (χ1) is 20.2. The van der Waals surface area contributed by atoms with Crippen LogP contribution in [-0.4, -0.2) is 95.3 Å². The van der Waals surface area contributed by atoms with Crippen LogP contribution >= 0.6 is 46.8 Å². The molecule has 2 aromatic heterocycles. The summed E-state index contributed by atoms with van der Waals surface area (Å²) in [6.45, 7) is -0.107.